The minimum Gasteiger partial charge on any atom is -0.329 e. The monoisotopic (exact) mass is 336 g/mol. The number of nitrogens with zero attached hydrogens (tertiary/aromatic N) is 1. The number of benzene rings is 2. The maximum Gasteiger partial charge on any atom is 0.243 e. The Morgan fingerprint density at radius 3 is 2.39 bits per heavy atom. The molecule has 0 bridgehead atoms. The fourth-order valence-corrected chi connectivity index (χ4v) is 3.75. The predicted octanol–water partition coefficient (Wildman–Crippen LogP) is 2.33. The first-order valence-electron chi connectivity index (χ1n) is 7.45. The van der Waals surface area contributed by atoms with Crippen LogP contribution in [-0.2, 0) is 16.4 Å². The first-order valence-corrected chi connectivity index (χ1v) is 8.89. The molecule has 0 unspecified atom stereocenters. The summed E-state index contributed by atoms with van der Waals surface area (Å²) < 4.78 is 40.4. The van der Waals surface area contributed by atoms with E-state index < -0.39 is 15.8 Å². The lowest BCUT2D eigenvalue weighted by Gasteiger charge is -2.22. The molecule has 0 aliphatic carbocycles. The SMILES string of the molecule is Cc1ccc(S(=O)(=O)N(CCN)CCc2ccccc2)cc1F. The van der Waals surface area contributed by atoms with Crippen LogP contribution in [0.25, 0.3) is 0 Å². The summed E-state index contributed by atoms with van der Waals surface area (Å²) in [4.78, 5) is -0.0397. The second-order valence-corrected chi connectivity index (χ2v) is 7.28. The highest BCUT2D eigenvalue weighted by molar-refractivity contribution is 7.89. The zero-order chi connectivity index (χ0) is 16.9. The van der Waals surface area contributed by atoms with Crippen LogP contribution in [0.1, 0.15) is 11.1 Å². The molecule has 0 spiro atoms. The van der Waals surface area contributed by atoms with Gasteiger partial charge in [-0.3, -0.25) is 0 Å². The van der Waals surface area contributed by atoms with Crippen molar-refractivity contribution < 1.29 is 12.8 Å². The molecule has 0 saturated heterocycles. The van der Waals surface area contributed by atoms with Gasteiger partial charge < -0.3 is 5.73 Å². The topological polar surface area (TPSA) is 63.4 Å². The molecule has 0 aliphatic heterocycles. The van der Waals surface area contributed by atoms with Crippen LogP contribution in [-0.4, -0.2) is 32.4 Å². The minimum absolute atomic E-state index is 0.0397. The summed E-state index contributed by atoms with van der Waals surface area (Å²) in [6, 6.07) is 13.6. The Morgan fingerprint density at radius 2 is 1.78 bits per heavy atom. The smallest absolute Gasteiger partial charge is 0.243 e. The second kappa shape index (κ2) is 7.68. The summed E-state index contributed by atoms with van der Waals surface area (Å²) in [6.45, 7) is 2.31. The van der Waals surface area contributed by atoms with Crippen molar-refractivity contribution in [3.63, 3.8) is 0 Å². The van der Waals surface area contributed by atoms with E-state index in [0.717, 1.165) is 11.6 Å². The van der Waals surface area contributed by atoms with Gasteiger partial charge in [0.1, 0.15) is 5.82 Å². The van der Waals surface area contributed by atoms with Crippen LogP contribution < -0.4 is 5.73 Å². The van der Waals surface area contributed by atoms with Gasteiger partial charge in [0, 0.05) is 19.6 Å². The van der Waals surface area contributed by atoms with Crippen molar-refractivity contribution in [3.8, 4) is 0 Å². The lowest BCUT2D eigenvalue weighted by molar-refractivity contribution is 0.421. The van der Waals surface area contributed by atoms with Gasteiger partial charge >= 0.3 is 0 Å². The molecule has 4 nitrogen and oxygen atoms in total. The summed E-state index contributed by atoms with van der Waals surface area (Å²) in [5, 5.41) is 0. The molecule has 124 valence electrons. The van der Waals surface area contributed by atoms with Crippen LogP contribution >= 0.6 is 0 Å². The first kappa shape index (κ1) is 17.6. The molecule has 0 radical (unpaired) electrons. The number of nitrogens with two attached hydrogens (primary N) is 1. The zero-order valence-corrected chi connectivity index (χ0v) is 13.9. The third-order valence-corrected chi connectivity index (χ3v) is 5.55. The van der Waals surface area contributed by atoms with Gasteiger partial charge in [0.05, 0.1) is 4.90 Å². The summed E-state index contributed by atoms with van der Waals surface area (Å²) in [5.41, 5.74) is 7.00. The van der Waals surface area contributed by atoms with E-state index in [1.54, 1.807) is 6.92 Å². The molecule has 0 amide bonds. The maximum atomic E-state index is 13.7. The van der Waals surface area contributed by atoms with E-state index in [1.165, 1.54) is 16.4 Å². The van der Waals surface area contributed by atoms with Crippen molar-refractivity contribution in [3.05, 3.63) is 65.5 Å². The quantitative estimate of drug-likeness (QED) is 0.844. The molecule has 0 fully saturated rings. The van der Waals surface area contributed by atoms with Crippen LogP contribution in [0.5, 0.6) is 0 Å². The average molecular weight is 336 g/mol. The second-order valence-electron chi connectivity index (χ2n) is 5.34. The van der Waals surface area contributed by atoms with Gasteiger partial charge in [0.25, 0.3) is 0 Å². The van der Waals surface area contributed by atoms with Crippen molar-refractivity contribution in [1.82, 2.24) is 4.31 Å². The molecule has 0 saturated carbocycles. The van der Waals surface area contributed by atoms with Crippen molar-refractivity contribution in [2.24, 2.45) is 5.73 Å². The minimum atomic E-state index is -3.76. The van der Waals surface area contributed by atoms with Gasteiger partial charge in [-0.25, -0.2) is 12.8 Å². The highest BCUT2D eigenvalue weighted by Gasteiger charge is 2.24. The number of aryl methyl sites for hydroxylation is 1. The number of hydrogen-bond donors (Lipinski definition) is 1. The van der Waals surface area contributed by atoms with Gasteiger partial charge in [-0.15, -0.1) is 0 Å². The Morgan fingerprint density at radius 1 is 1.09 bits per heavy atom. The van der Waals surface area contributed by atoms with Gasteiger partial charge in [0.15, 0.2) is 0 Å². The van der Waals surface area contributed by atoms with Crippen LogP contribution in [0.4, 0.5) is 4.39 Å². The Kier molecular flexibility index (Phi) is 5.87. The predicted molar refractivity (Wildman–Crippen MR) is 89.1 cm³/mol. The Hall–Kier alpha value is -1.76. The Labute approximate surface area is 136 Å². The zero-order valence-electron chi connectivity index (χ0n) is 13.1. The fraction of sp³-hybridized carbons (Fsp3) is 0.294. The summed E-state index contributed by atoms with van der Waals surface area (Å²) >= 11 is 0. The molecule has 2 aromatic rings. The third-order valence-electron chi connectivity index (χ3n) is 3.65. The number of sulfonamides is 1. The molecule has 0 heterocycles. The average Bonchev–Trinajstić information content (AvgIpc) is 2.54. The number of rotatable bonds is 7. The molecule has 2 N–H and O–H groups in total. The standard InChI is InChI=1S/C17H21FN2O2S/c1-14-7-8-16(13-17(14)18)23(21,22)20(12-10-19)11-9-15-5-3-2-4-6-15/h2-8,13H,9-12,19H2,1H3. The molecule has 6 heteroatoms. The molecule has 2 aromatic carbocycles. The first-order chi connectivity index (χ1) is 10.9. The van der Waals surface area contributed by atoms with Gasteiger partial charge in [-0.05, 0) is 36.6 Å². The molecule has 0 aromatic heterocycles. The van der Waals surface area contributed by atoms with E-state index in [9.17, 15) is 12.8 Å². The van der Waals surface area contributed by atoms with Crippen LogP contribution in [0.2, 0.25) is 0 Å². The summed E-state index contributed by atoms with van der Waals surface area (Å²) in [7, 11) is -3.76. The lowest BCUT2D eigenvalue weighted by Crippen LogP contribution is -2.37. The van der Waals surface area contributed by atoms with E-state index in [1.807, 2.05) is 30.3 Å². The number of halogens is 1. The van der Waals surface area contributed by atoms with Crippen molar-refractivity contribution in [2.75, 3.05) is 19.6 Å². The van der Waals surface area contributed by atoms with Crippen molar-refractivity contribution in [1.29, 1.82) is 0 Å². The molecule has 2 rings (SSSR count). The van der Waals surface area contributed by atoms with Gasteiger partial charge in [-0.1, -0.05) is 36.4 Å². The van der Waals surface area contributed by atoms with E-state index in [2.05, 4.69) is 0 Å². The van der Waals surface area contributed by atoms with E-state index >= 15 is 0 Å². The molecular weight excluding hydrogens is 315 g/mol. The summed E-state index contributed by atoms with van der Waals surface area (Å²) in [6.07, 6.45) is 0.578. The van der Waals surface area contributed by atoms with Crippen molar-refractivity contribution in [2.45, 2.75) is 18.2 Å². The maximum absolute atomic E-state index is 13.7. The molecular formula is C17H21FN2O2S. The highest BCUT2D eigenvalue weighted by atomic mass is 32.2. The van der Waals surface area contributed by atoms with Gasteiger partial charge in [-0.2, -0.15) is 4.31 Å². The van der Waals surface area contributed by atoms with Crippen LogP contribution in [0.15, 0.2) is 53.4 Å². The summed E-state index contributed by atoms with van der Waals surface area (Å²) in [5.74, 6) is -0.526. The van der Waals surface area contributed by atoms with Crippen LogP contribution in [0.3, 0.4) is 0 Å². The Bertz CT molecular complexity index is 748. The van der Waals surface area contributed by atoms with E-state index in [0.29, 0.717) is 18.5 Å². The normalized spacial score (nSPS) is 11.8. The van der Waals surface area contributed by atoms with Crippen LogP contribution in [0, 0.1) is 12.7 Å². The largest absolute Gasteiger partial charge is 0.329 e. The highest BCUT2D eigenvalue weighted by Crippen LogP contribution is 2.19. The van der Waals surface area contributed by atoms with E-state index in [-0.39, 0.29) is 18.0 Å². The van der Waals surface area contributed by atoms with Crippen molar-refractivity contribution >= 4 is 10.0 Å². The third kappa shape index (κ3) is 4.37. The molecule has 0 aliphatic rings. The number of hydrogen-bond acceptors (Lipinski definition) is 3. The Balaban J connectivity index is 2.22. The fourth-order valence-electron chi connectivity index (χ4n) is 2.28. The molecule has 0 atom stereocenters. The lowest BCUT2D eigenvalue weighted by atomic mass is 10.1. The van der Waals surface area contributed by atoms with E-state index in [4.69, 9.17) is 5.73 Å². The molecule has 23 heavy (non-hydrogen) atoms. The van der Waals surface area contributed by atoms with Gasteiger partial charge in [0.2, 0.25) is 10.0 Å².